The number of benzene rings is 1. The highest BCUT2D eigenvalue weighted by Crippen LogP contribution is 2.24. The lowest BCUT2D eigenvalue weighted by atomic mass is 10.2. The van der Waals surface area contributed by atoms with E-state index in [-0.39, 0.29) is 23.7 Å². The molecule has 7 heteroatoms. The number of nitrogens with two attached hydrogens (primary N) is 1. The molecule has 0 aliphatic heterocycles. The lowest BCUT2D eigenvalue weighted by Crippen LogP contribution is -2.26. The molecule has 1 aromatic rings. The predicted molar refractivity (Wildman–Crippen MR) is 63.8 cm³/mol. The number of halogens is 2. The minimum atomic E-state index is -3.17. The van der Waals surface area contributed by atoms with Gasteiger partial charge in [-0.2, -0.15) is 0 Å². The standard InChI is InChI=1S/C10H14F2N2O2S/c1-14(3-4-17(2,15)16)10-8(11)5-7(13)6-9(10)12/h5-6H,3-4,13H2,1-2H3. The summed E-state index contributed by atoms with van der Waals surface area (Å²) in [6.07, 6.45) is 1.07. The van der Waals surface area contributed by atoms with E-state index in [1.807, 2.05) is 0 Å². The zero-order valence-electron chi connectivity index (χ0n) is 9.57. The number of hydrogen-bond donors (Lipinski definition) is 1. The molecule has 1 aromatic carbocycles. The summed E-state index contributed by atoms with van der Waals surface area (Å²) in [5.74, 6) is -1.79. The van der Waals surface area contributed by atoms with Crippen molar-refractivity contribution in [1.29, 1.82) is 0 Å². The molecular formula is C10H14F2N2O2S. The first-order valence-electron chi connectivity index (χ1n) is 4.84. The van der Waals surface area contributed by atoms with Crippen LogP contribution >= 0.6 is 0 Å². The SMILES string of the molecule is CN(CCS(C)(=O)=O)c1c(F)cc(N)cc1F. The lowest BCUT2D eigenvalue weighted by molar-refractivity contribution is 0.577. The van der Waals surface area contributed by atoms with Crippen LogP contribution in [0.4, 0.5) is 20.2 Å². The van der Waals surface area contributed by atoms with Gasteiger partial charge in [-0.05, 0) is 12.1 Å². The molecule has 1 rings (SSSR count). The van der Waals surface area contributed by atoms with Gasteiger partial charge in [-0.25, -0.2) is 17.2 Å². The van der Waals surface area contributed by atoms with Crippen molar-refractivity contribution in [1.82, 2.24) is 0 Å². The molecule has 0 fully saturated rings. The Hall–Kier alpha value is -1.37. The second-order valence-electron chi connectivity index (χ2n) is 3.88. The van der Waals surface area contributed by atoms with Crippen molar-refractivity contribution in [3.63, 3.8) is 0 Å². The predicted octanol–water partition coefficient (Wildman–Crippen LogP) is 1.03. The lowest BCUT2D eigenvalue weighted by Gasteiger charge is -2.20. The number of rotatable bonds is 4. The second kappa shape index (κ2) is 4.87. The quantitative estimate of drug-likeness (QED) is 0.825. The Morgan fingerprint density at radius 1 is 1.29 bits per heavy atom. The van der Waals surface area contributed by atoms with Gasteiger partial charge in [-0.1, -0.05) is 0 Å². The van der Waals surface area contributed by atoms with E-state index in [9.17, 15) is 17.2 Å². The van der Waals surface area contributed by atoms with Gasteiger partial charge in [0.05, 0.1) is 5.75 Å². The van der Waals surface area contributed by atoms with Crippen LogP contribution in [0.2, 0.25) is 0 Å². The molecule has 0 atom stereocenters. The maximum Gasteiger partial charge on any atom is 0.151 e. The van der Waals surface area contributed by atoms with Crippen LogP contribution in [-0.2, 0) is 9.84 Å². The third-order valence-electron chi connectivity index (χ3n) is 2.22. The Kier molecular flexibility index (Phi) is 3.92. The summed E-state index contributed by atoms with van der Waals surface area (Å²) in [6, 6.07) is 1.99. The third kappa shape index (κ3) is 3.85. The van der Waals surface area contributed by atoms with Crippen LogP contribution in [0, 0.1) is 11.6 Å². The normalized spacial score (nSPS) is 11.5. The van der Waals surface area contributed by atoms with Gasteiger partial charge < -0.3 is 10.6 Å². The van der Waals surface area contributed by atoms with Crippen LogP contribution in [0.25, 0.3) is 0 Å². The van der Waals surface area contributed by atoms with E-state index in [0.717, 1.165) is 18.4 Å². The number of sulfone groups is 1. The minimum Gasteiger partial charge on any atom is -0.399 e. The Morgan fingerprint density at radius 2 is 1.76 bits per heavy atom. The molecule has 0 bridgehead atoms. The van der Waals surface area contributed by atoms with Gasteiger partial charge in [-0.15, -0.1) is 0 Å². The van der Waals surface area contributed by atoms with Gasteiger partial charge >= 0.3 is 0 Å². The first-order valence-corrected chi connectivity index (χ1v) is 6.90. The first kappa shape index (κ1) is 13.7. The van der Waals surface area contributed by atoms with Gasteiger partial charge in [0.1, 0.15) is 15.5 Å². The van der Waals surface area contributed by atoms with Gasteiger partial charge in [0.25, 0.3) is 0 Å². The molecule has 0 spiro atoms. The molecule has 0 aromatic heterocycles. The van der Waals surface area contributed by atoms with E-state index in [1.54, 1.807) is 0 Å². The molecule has 0 aliphatic carbocycles. The summed E-state index contributed by atoms with van der Waals surface area (Å²) in [5, 5.41) is 0. The molecule has 0 aliphatic rings. The number of nitrogen functional groups attached to an aromatic ring is 1. The topological polar surface area (TPSA) is 63.4 Å². The maximum atomic E-state index is 13.5. The largest absolute Gasteiger partial charge is 0.399 e. The molecule has 17 heavy (non-hydrogen) atoms. The Morgan fingerprint density at radius 3 is 2.18 bits per heavy atom. The fourth-order valence-corrected chi connectivity index (χ4v) is 1.97. The molecule has 0 radical (unpaired) electrons. The number of anilines is 2. The van der Waals surface area contributed by atoms with E-state index in [2.05, 4.69) is 0 Å². The fraction of sp³-hybridized carbons (Fsp3) is 0.400. The first-order chi connectivity index (χ1) is 7.70. The molecular weight excluding hydrogens is 250 g/mol. The summed E-state index contributed by atoms with van der Waals surface area (Å²) in [7, 11) is -1.75. The summed E-state index contributed by atoms with van der Waals surface area (Å²) >= 11 is 0. The zero-order chi connectivity index (χ0) is 13.2. The van der Waals surface area contributed by atoms with Crippen LogP contribution in [-0.4, -0.2) is 34.0 Å². The molecule has 0 saturated heterocycles. The Labute approximate surface area is 98.9 Å². The number of nitrogens with zero attached hydrogens (tertiary/aromatic N) is 1. The molecule has 0 unspecified atom stereocenters. The van der Waals surface area contributed by atoms with Crippen molar-refractivity contribution in [2.45, 2.75) is 0 Å². The minimum absolute atomic E-state index is 0.0105. The number of hydrogen-bond acceptors (Lipinski definition) is 4. The van der Waals surface area contributed by atoms with Crippen molar-refractivity contribution in [2.75, 3.05) is 36.2 Å². The van der Waals surface area contributed by atoms with Crippen LogP contribution in [0.1, 0.15) is 0 Å². The second-order valence-corrected chi connectivity index (χ2v) is 6.14. The monoisotopic (exact) mass is 264 g/mol. The zero-order valence-corrected chi connectivity index (χ0v) is 10.4. The summed E-state index contributed by atoms with van der Waals surface area (Å²) < 4.78 is 48.9. The van der Waals surface area contributed by atoms with Gasteiger partial charge in [0.15, 0.2) is 11.6 Å². The van der Waals surface area contributed by atoms with E-state index >= 15 is 0 Å². The van der Waals surface area contributed by atoms with Crippen LogP contribution in [0.15, 0.2) is 12.1 Å². The van der Waals surface area contributed by atoms with E-state index in [0.29, 0.717) is 0 Å². The molecule has 96 valence electrons. The molecule has 0 heterocycles. The molecule has 0 amide bonds. The summed E-state index contributed by atoms with van der Waals surface area (Å²) in [4.78, 5) is 1.21. The van der Waals surface area contributed by atoms with Crippen LogP contribution in [0.5, 0.6) is 0 Å². The average molecular weight is 264 g/mol. The average Bonchev–Trinajstić information content (AvgIpc) is 2.11. The molecule has 2 N–H and O–H groups in total. The van der Waals surface area contributed by atoms with Crippen molar-refractivity contribution in [3.05, 3.63) is 23.8 Å². The van der Waals surface area contributed by atoms with Gasteiger partial charge in [0.2, 0.25) is 0 Å². The van der Waals surface area contributed by atoms with Crippen molar-refractivity contribution < 1.29 is 17.2 Å². The van der Waals surface area contributed by atoms with E-state index < -0.39 is 21.5 Å². The summed E-state index contributed by atoms with van der Waals surface area (Å²) in [6.45, 7) is 0.0105. The Bertz CT molecular complexity index is 494. The fourth-order valence-electron chi connectivity index (χ4n) is 1.36. The van der Waals surface area contributed by atoms with Crippen LogP contribution in [0.3, 0.4) is 0 Å². The van der Waals surface area contributed by atoms with E-state index in [4.69, 9.17) is 5.73 Å². The van der Waals surface area contributed by atoms with Crippen LogP contribution < -0.4 is 10.6 Å². The highest BCUT2D eigenvalue weighted by molar-refractivity contribution is 7.90. The van der Waals surface area contributed by atoms with Crippen molar-refractivity contribution >= 4 is 21.2 Å². The van der Waals surface area contributed by atoms with E-state index in [1.165, 1.54) is 11.9 Å². The van der Waals surface area contributed by atoms with Crippen molar-refractivity contribution in [3.8, 4) is 0 Å². The smallest absolute Gasteiger partial charge is 0.151 e. The molecule has 0 saturated carbocycles. The van der Waals surface area contributed by atoms with Crippen molar-refractivity contribution in [2.24, 2.45) is 0 Å². The third-order valence-corrected chi connectivity index (χ3v) is 3.14. The maximum absolute atomic E-state index is 13.5. The highest BCUT2D eigenvalue weighted by Gasteiger charge is 2.15. The highest BCUT2D eigenvalue weighted by atomic mass is 32.2. The molecule has 4 nitrogen and oxygen atoms in total. The van der Waals surface area contributed by atoms with Gasteiger partial charge in [-0.3, -0.25) is 0 Å². The van der Waals surface area contributed by atoms with Gasteiger partial charge in [0, 0.05) is 25.5 Å². The Balaban J connectivity index is 2.93. The summed E-state index contributed by atoms with van der Waals surface area (Å²) in [5.41, 5.74) is 4.99.